The smallest absolute Gasteiger partial charge is 0.243 e. The number of nitrogens with zero attached hydrogens (tertiary/aromatic N) is 1. The number of nitrogens with one attached hydrogen (secondary N) is 1. The molecule has 1 atom stereocenters. The molecule has 1 heterocycles. The van der Waals surface area contributed by atoms with Crippen LogP contribution >= 0.6 is 0 Å². The fourth-order valence-corrected chi connectivity index (χ4v) is 4.94. The zero-order valence-corrected chi connectivity index (χ0v) is 16.6. The fourth-order valence-electron chi connectivity index (χ4n) is 3.30. The molecule has 0 radical (unpaired) electrons. The molecule has 1 saturated heterocycles. The second-order valence-corrected chi connectivity index (χ2v) is 9.22. The molecule has 2 aromatic rings. The zero-order valence-electron chi connectivity index (χ0n) is 15.8. The van der Waals surface area contributed by atoms with E-state index in [9.17, 15) is 13.2 Å². The Hall–Kier alpha value is -2.18. The number of benzene rings is 2. The summed E-state index contributed by atoms with van der Waals surface area (Å²) in [7, 11) is -3.56. The quantitative estimate of drug-likeness (QED) is 0.769. The lowest BCUT2D eigenvalue weighted by Gasteiger charge is -2.30. The Labute approximate surface area is 161 Å². The van der Waals surface area contributed by atoms with Crippen LogP contribution in [-0.2, 0) is 10.0 Å². The number of hydrogen-bond acceptors (Lipinski definition) is 4. The summed E-state index contributed by atoms with van der Waals surface area (Å²) in [6.45, 7) is 5.27. The van der Waals surface area contributed by atoms with E-state index in [0.717, 1.165) is 24.1 Å². The molecule has 0 aliphatic carbocycles. The van der Waals surface area contributed by atoms with Gasteiger partial charge in [-0.3, -0.25) is 4.79 Å². The zero-order chi connectivity index (χ0) is 19.4. The van der Waals surface area contributed by atoms with E-state index in [0.29, 0.717) is 24.6 Å². The predicted octanol–water partition coefficient (Wildman–Crippen LogP) is 3.71. The van der Waals surface area contributed by atoms with E-state index in [-0.39, 0.29) is 17.2 Å². The minimum atomic E-state index is -3.56. The summed E-state index contributed by atoms with van der Waals surface area (Å²) in [6, 6.07) is 14.1. The molecule has 2 aromatic carbocycles. The molecule has 0 bridgehead atoms. The maximum absolute atomic E-state index is 12.9. The van der Waals surface area contributed by atoms with Crippen LogP contribution in [-0.4, -0.2) is 38.1 Å². The second-order valence-electron chi connectivity index (χ2n) is 7.28. The summed E-state index contributed by atoms with van der Waals surface area (Å²) in [5.74, 6) is 0.219. The Kier molecular flexibility index (Phi) is 5.97. The van der Waals surface area contributed by atoms with E-state index in [4.69, 9.17) is 0 Å². The van der Waals surface area contributed by atoms with Gasteiger partial charge >= 0.3 is 0 Å². The predicted molar refractivity (Wildman–Crippen MR) is 108 cm³/mol. The number of aryl methyl sites for hydroxylation is 1. The van der Waals surface area contributed by atoms with Gasteiger partial charge in [0.05, 0.1) is 11.4 Å². The Morgan fingerprint density at radius 3 is 2.63 bits per heavy atom. The third-order valence-corrected chi connectivity index (χ3v) is 6.78. The first-order chi connectivity index (χ1) is 12.9. The highest BCUT2D eigenvalue weighted by Crippen LogP contribution is 2.24. The number of ketones is 1. The highest BCUT2D eigenvalue weighted by atomic mass is 32.2. The molecule has 1 aliphatic rings. The van der Waals surface area contributed by atoms with Crippen LogP contribution in [0.4, 0.5) is 5.69 Å². The molecule has 0 amide bonds. The second kappa shape index (κ2) is 8.23. The Bertz CT molecular complexity index is 907. The number of piperidine rings is 1. The number of Topliss-reactive ketones (excluding diaryl/α,β-unsaturated/α-hetero) is 1. The van der Waals surface area contributed by atoms with Crippen LogP contribution in [0.1, 0.15) is 35.7 Å². The molecule has 3 rings (SSSR count). The van der Waals surface area contributed by atoms with Gasteiger partial charge in [0.2, 0.25) is 10.0 Å². The summed E-state index contributed by atoms with van der Waals surface area (Å²) < 4.78 is 27.4. The molecule has 144 valence electrons. The largest absolute Gasteiger partial charge is 0.378 e. The van der Waals surface area contributed by atoms with Gasteiger partial charge in [-0.25, -0.2) is 8.42 Å². The summed E-state index contributed by atoms with van der Waals surface area (Å²) in [5, 5.41) is 3.09. The summed E-state index contributed by atoms with van der Waals surface area (Å²) >= 11 is 0. The van der Waals surface area contributed by atoms with Crippen molar-refractivity contribution in [2.75, 3.05) is 25.0 Å². The first-order valence-corrected chi connectivity index (χ1v) is 10.7. The Morgan fingerprint density at radius 2 is 1.93 bits per heavy atom. The number of sulfonamides is 1. The maximum atomic E-state index is 12.9. The highest BCUT2D eigenvalue weighted by Gasteiger charge is 2.29. The van der Waals surface area contributed by atoms with E-state index in [1.807, 2.05) is 31.2 Å². The Balaban J connectivity index is 1.72. The van der Waals surface area contributed by atoms with Gasteiger partial charge in [0.15, 0.2) is 5.78 Å². The molecule has 1 unspecified atom stereocenters. The van der Waals surface area contributed by atoms with Gasteiger partial charge in [-0.1, -0.05) is 36.8 Å². The minimum Gasteiger partial charge on any atom is -0.378 e. The van der Waals surface area contributed by atoms with Crippen molar-refractivity contribution >= 4 is 21.5 Å². The lowest BCUT2D eigenvalue weighted by atomic mass is 10.0. The summed E-state index contributed by atoms with van der Waals surface area (Å²) in [4.78, 5) is 12.7. The molecule has 27 heavy (non-hydrogen) atoms. The maximum Gasteiger partial charge on any atom is 0.243 e. The minimum absolute atomic E-state index is 0.118. The third kappa shape index (κ3) is 4.76. The van der Waals surface area contributed by atoms with Crippen molar-refractivity contribution in [3.63, 3.8) is 0 Å². The molecular formula is C21H26N2O3S. The van der Waals surface area contributed by atoms with Gasteiger partial charge in [-0.15, -0.1) is 0 Å². The number of carbonyl (C=O) groups is 1. The third-order valence-electron chi connectivity index (χ3n) is 4.92. The lowest BCUT2D eigenvalue weighted by Crippen LogP contribution is -2.39. The van der Waals surface area contributed by atoms with Crippen LogP contribution in [0, 0.1) is 12.8 Å². The van der Waals surface area contributed by atoms with E-state index in [1.54, 1.807) is 18.2 Å². The van der Waals surface area contributed by atoms with Crippen LogP contribution in [0.2, 0.25) is 0 Å². The van der Waals surface area contributed by atoms with Crippen molar-refractivity contribution in [3.8, 4) is 0 Å². The van der Waals surface area contributed by atoms with Gasteiger partial charge in [0, 0.05) is 24.3 Å². The molecule has 1 aliphatic heterocycles. The van der Waals surface area contributed by atoms with Crippen molar-refractivity contribution < 1.29 is 13.2 Å². The monoisotopic (exact) mass is 386 g/mol. The number of hydrogen-bond donors (Lipinski definition) is 1. The van der Waals surface area contributed by atoms with E-state index >= 15 is 0 Å². The molecule has 0 saturated carbocycles. The molecule has 6 heteroatoms. The Morgan fingerprint density at radius 1 is 1.19 bits per heavy atom. The van der Waals surface area contributed by atoms with E-state index < -0.39 is 10.0 Å². The van der Waals surface area contributed by atoms with Crippen LogP contribution in [0.25, 0.3) is 0 Å². The molecular weight excluding hydrogens is 360 g/mol. The van der Waals surface area contributed by atoms with Crippen LogP contribution < -0.4 is 5.32 Å². The average molecular weight is 387 g/mol. The fraction of sp³-hybridized carbons (Fsp3) is 0.381. The van der Waals surface area contributed by atoms with Crippen molar-refractivity contribution in [1.29, 1.82) is 0 Å². The molecule has 0 spiro atoms. The van der Waals surface area contributed by atoms with Gasteiger partial charge in [-0.2, -0.15) is 4.31 Å². The highest BCUT2D eigenvalue weighted by molar-refractivity contribution is 7.89. The number of anilines is 1. The van der Waals surface area contributed by atoms with Gasteiger partial charge in [0.1, 0.15) is 0 Å². The average Bonchev–Trinajstić information content (AvgIpc) is 2.67. The number of carbonyl (C=O) groups excluding carboxylic acids is 1. The van der Waals surface area contributed by atoms with Crippen molar-refractivity contribution in [1.82, 2.24) is 4.31 Å². The van der Waals surface area contributed by atoms with Crippen molar-refractivity contribution in [3.05, 3.63) is 59.7 Å². The topological polar surface area (TPSA) is 66.5 Å². The molecule has 5 nitrogen and oxygen atoms in total. The van der Waals surface area contributed by atoms with Crippen LogP contribution in [0.15, 0.2) is 53.4 Å². The van der Waals surface area contributed by atoms with Crippen LogP contribution in [0.3, 0.4) is 0 Å². The lowest BCUT2D eigenvalue weighted by molar-refractivity contribution is 0.101. The first kappa shape index (κ1) is 19.6. The van der Waals surface area contributed by atoms with Crippen LogP contribution in [0.5, 0.6) is 0 Å². The summed E-state index contributed by atoms with van der Waals surface area (Å²) in [5.41, 5.74) is 2.41. The molecule has 1 fully saturated rings. The summed E-state index contributed by atoms with van der Waals surface area (Å²) in [6.07, 6.45) is 1.93. The van der Waals surface area contributed by atoms with Crippen molar-refractivity contribution in [2.45, 2.75) is 31.6 Å². The van der Waals surface area contributed by atoms with Gasteiger partial charge in [-0.05, 0) is 49.9 Å². The van der Waals surface area contributed by atoms with Crippen molar-refractivity contribution in [2.24, 2.45) is 5.92 Å². The first-order valence-electron chi connectivity index (χ1n) is 9.30. The molecule has 0 aromatic heterocycles. The number of rotatable bonds is 6. The SMILES string of the molecule is Cc1ccc(NCC(=O)c2cccc(S(=O)(=O)N3CCCC(C)C3)c2)cc1. The van der Waals surface area contributed by atoms with Gasteiger partial charge < -0.3 is 5.32 Å². The van der Waals surface area contributed by atoms with E-state index in [2.05, 4.69) is 12.2 Å². The van der Waals surface area contributed by atoms with E-state index in [1.165, 1.54) is 10.4 Å². The standard InChI is InChI=1S/C21H26N2O3S/c1-16-8-10-19(11-9-16)22-14-21(24)18-6-3-7-20(13-18)27(25,26)23-12-4-5-17(2)15-23/h3,6-11,13,17,22H,4-5,12,14-15H2,1-2H3. The van der Waals surface area contributed by atoms with Gasteiger partial charge in [0.25, 0.3) is 0 Å². The normalized spacial score (nSPS) is 18.2. The molecule has 1 N–H and O–H groups in total.